The molecule has 1 rings (SSSR count). The van der Waals surface area contributed by atoms with Gasteiger partial charge in [-0.2, -0.15) is 0 Å². The molecule has 0 amide bonds. The number of thioether (sulfide) groups is 1. The second kappa shape index (κ2) is 14.3. The van der Waals surface area contributed by atoms with E-state index in [1.807, 2.05) is 6.92 Å². The minimum Gasteiger partial charge on any atom is -0.467 e. The van der Waals surface area contributed by atoms with Crippen LogP contribution < -0.4 is 0 Å². The van der Waals surface area contributed by atoms with Crippen LogP contribution in [0.2, 0.25) is 0 Å². The van der Waals surface area contributed by atoms with Gasteiger partial charge < -0.3 is 24.8 Å². The van der Waals surface area contributed by atoms with Crippen molar-refractivity contribution in [3.63, 3.8) is 0 Å². The minimum absolute atomic E-state index is 0. The molecule has 0 aliphatic carbocycles. The Bertz CT molecular complexity index is 260. The summed E-state index contributed by atoms with van der Waals surface area (Å²) in [6.45, 7) is 1.85. The third-order valence-corrected chi connectivity index (χ3v) is 3.39. The maximum atomic E-state index is 11.3. The molecular weight excluding hydrogens is 917 g/mol. The van der Waals surface area contributed by atoms with Crippen molar-refractivity contribution in [3.05, 3.63) is 0 Å². The maximum absolute atomic E-state index is 11.3. The molecule has 10 heteroatoms. The average Bonchev–Trinajstić information content (AvgIpc) is 2.29. The van der Waals surface area contributed by atoms with E-state index in [4.69, 9.17) is 4.74 Å². The fraction of sp³-hybridized carbons (Fsp3) is 0.889. The largest absolute Gasteiger partial charge is 0.467 e. The first-order chi connectivity index (χ1) is 7.52. The van der Waals surface area contributed by atoms with E-state index in [9.17, 15) is 20.1 Å². The van der Waals surface area contributed by atoms with E-state index in [2.05, 4.69) is 4.74 Å². The molecule has 0 aromatic heterocycles. The van der Waals surface area contributed by atoms with Crippen molar-refractivity contribution >= 4 is 17.7 Å². The molecule has 0 saturated carbocycles. The molecule has 0 unspecified atom stereocenters. The van der Waals surface area contributed by atoms with Gasteiger partial charge in [0.15, 0.2) is 6.10 Å². The molecule has 103 valence electrons. The molecule has 0 aromatic carbocycles. The first-order valence-electron chi connectivity index (χ1n) is 4.92. The quantitative estimate of drug-likeness (QED) is 0.304. The molecule has 6 nitrogen and oxygen atoms in total. The number of carbonyl (C=O) groups is 1. The van der Waals surface area contributed by atoms with Crippen LogP contribution in [-0.4, -0.2) is 64.0 Å². The molecule has 0 bridgehead atoms. The van der Waals surface area contributed by atoms with Crippen molar-refractivity contribution in [2.24, 2.45) is 0 Å². The molecule has 3 N–H and O–H groups in total. The topological polar surface area (TPSA) is 96.2 Å². The van der Waals surface area contributed by atoms with Crippen molar-refractivity contribution in [2.75, 3.05) is 12.9 Å². The summed E-state index contributed by atoms with van der Waals surface area (Å²) in [6.07, 6.45) is -5.37. The van der Waals surface area contributed by atoms with Crippen LogP contribution >= 0.6 is 11.8 Å². The SMILES string of the molecule is CCS[C@@H]1O[C@H](C(=O)OC)[C@@H](O)[C@H](O)[C@H]1O.[Ac].[Ac].[Ac]. The van der Waals surface area contributed by atoms with E-state index in [1.54, 1.807) is 0 Å². The van der Waals surface area contributed by atoms with Gasteiger partial charge in [-0.05, 0) is 5.75 Å². The molecule has 0 aromatic rings. The Hall–Kier alpha value is 3.98. The van der Waals surface area contributed by atoms with E-state index in [0.29, 0.717) is 5.75 Å². The van der Waals surface area contributed by atoms with Crippen LogP contribution in [0.1, 0.15) is 6.92 Å². The normalized spacial score (nSPS) is 33.2. The third-order valence-electron chi connectivity index (χ3n) is 2.33. The summed E-state index contributed by atoms with van der Waals surface area (Å²) in [6, 6.07) is 0. The molecule has 1 fully saturated rings. The molecule has 3 radical (unpaired) electrons. The molecule has 5 atom stereocenters. The first-order valence-corrected chi connectivity index (χ1v) is 5.96. The smallest absolute Gasteiger partial charge is 0.337 e. The summed E-state index contributed by atoms with van der Waals surface area (Å²) in [5.74, 6) is -0.113. The molecule has 0 spiro atoms. The summed E-state index contributed by atoms with van der Waals surface area (Å²) < 4.78 is 9.65. The Balaban J connectivity index is -0.000000853. The summed E-state index contributed by atoms with van der Waals surface area (Å²) in [7, 11) is 1.16. The van der Waals surface area contributed by atoms with Crippen LogP contribution in [0.4, 0.5) is 0 Å². The number of methoxy groups -OCH3 is 1. The van der Waals surface area contributed by atoms with Crippen molar-refractivity contribution in [1.82, 2.24) is 0 Å². The van der Waals surface area contributed by atoms with Crippen LogP contribution in [0.15, 0.2) is 0 Å². The zero-order valence-electron chi connectivity index (χ0n) is 10.8. The number of aliphatic hydroxyl groups excluding tert-OH is 3. The van der Waals surface area contributed by atoms with Crippen LogP contribution in [0.5, 0.6) is 0 Å². The van der Waals surface area contributed by atoms with Gasteiger partial charge >= 0.3 is 5.97 Å². The molecule has 1 saturated heterocycles. The first kappa shape index (κ1) is 27.8. The van der Waals surface area contributed by atoms with Crippen LogP contribution in [0, 0.1) is 132 Å². The van der Waals surface area contributed by atoms with Crippen molar-refractivity contribution in [1.29, 1.82) is 0 Å². The minimum atomic E-state index is -1.48. The predicted octanol–water partition coefficient (Wildman–Crippen LogP) is -1.28. The Labute approximate surface area is 224 Å². The number of rotatable bonds is 3. The number of esters is 1. The second-order valence-corrected chi connectivity index (χ2v) is 4.75. The van der Waals surface area contributed by atoms with Gasteiger partial charge in [-0.15, -0.1) is 11.8 Å². The molecule has 1 heterocycles. The van der Waals surface area contributed by atoms with Gasteiger partial charge in [0.1, 0.15) is 23.7 Å². The average molecular weight is 933 g/mol. The third kappa shape index (κ3) is 8.07. The summed E-state index contributed by atoms with van der Waals surface area (Å²) >= 11 is 1.25. The zero-order chi connectivity index (χ0) is 12.3. The van der Waals surface area contributed by atoms with Gasteiger partial charge in [0.05, 0.1) is 7.11 Å². The van der Waals surface area contributed by atoms with E-state index in [1.165, 1.54) is 11.8 Å². The Morgan fingerprint density at radius 1 is 1.16 bits per heavy atom. The van der Waals surface area contributed by atoms with Crippen molar-refractivity contribution in [3.8, 4) is 0 Å². The van der Waals surface area contributed by atoms with E-state index in [0.717, 1.165) is 7.11 Å². The molecule has 19 heavy (non-hydrogen) atoms. The number of hydrogen-bond acceptors (Lipinski definition) is 7. The molecule has 1 aliphatic rings. The number of hydrogen-bond donors (Lipinski definition) is 3. The van der Waals surface area contributed by atoms with Gasteiger partial charge in [0.25, 0.3) is 0 Å². The number of carbonyl (C=O) groups excluding carboxylic acids is 1. The molecule has 1 aliphatic heterocycles. The van der Waals surface area contributed by atoms with Gasteiger partial charge in [-0.3, -0.25) is 0 Å². The van der Waals surface area contributed by atoms with Gasteiger partial charge in [0, 0.05) is 132 Å². The number of ether oxygens (including phenoxy) is 2. The zero-order valence-corrected chi connectivity index (χ0v) is 25.9. The van der Waals surface area contributed by atoms with E-state index in [-0.39, 0.29) is 132 Å². The van der Waals surface area contributed by atoms with Gasteiger partial charge in [0.2, 0.25) is 0 Å². The summed E-state index contributed by atoms with van der Waals surface area (Å²) in [4.78, 5) is 11.3. The number of aliphatic hydroxyl groups is 3. The maximum Gasteiger partial charge on any atom is 0.337 e. The van der Waals surface area contributed by atoms with Crippen LogP contribution in [0.25, 0.3) is 0 Å². The standard InChI is InChI=1S/C9H16O6S.3Ac/c1-3-16-9-6(12)4(10)5(11)7(15-9)8(13)14-2;;;/h4-7,9-12H,3H2,1-2H3;;;/t4-,5-,6+,7-,9-;;;/m0.../s1. The van der Waals surface area contributed by atoms with E-state index >= 15 is 0 Å². The summed E-state index contributed by atoms with van der Waals surface area (Å²) in [5, 5.41) is 28.7. The molecular formula is C9H16Ac3O6S. The predicted molar refractivity (Wildman–Crippen MR) is 56.8 cm³/mol. The van der Waals surface area contributed by atoms with E-state index < -0.39 is 35.8 Å². The Kier molecular flexibility index (Phi) is 21.0. The fourth-order valence-electron chi connectivity index (χ4n) is 1.46. The van der Waals surface area contributed by atoms with Gasteiger partial charge in [-0.1, -0.05) is 6.92 Å². The second-order valence-electron chi connectivity index (χ2n) is 3.38. The van der Waals surface area contributed by atoms with Crippen molar-refractivity contribution < 1.29 is 162 Å². The summed E-state index contributed by atoms with van der Waals surface area (Å²) in [5.41, 5.74) is -0.743. The van der Waals surface area contributed by atoms with Crippen LogP contribution in [0.3, 0.4) is 0 Å². The fourth-order valence-corrected chi connectivity index (χ4v) is 2.35. The van der Waals surface area contributed by atoms with Crippen LogP contribution in [-0.2, 0) is 14.3 Å². The monoisotopic (exact) mass is 933 g/mol. The van der Waals surface area contributed by atoms with Gasteiger partial charge in [-0.25, -0.2) is 4.79 Å². The Morgan fingerprint density at radius 2 is 1.68 bits per heavy atom. The Morgan fingerprint density at radius 3 is 2.11 bits per heavy atom. The van der Waals surface area contributed by atoms with Crippen molar-refractivity contribution in [2.45, 2.75) is 36.8 Å².